The summed E-state index contributed by atoms with van der Waals surface area (Å²) in [5.41, 5.74) is 6.38. The van der Waals surface area contributed by atoms with Crippen molar-refractivity contribution in [2.75, 3.05) is 17.7 Å². The fraction of sp³-hybridized carbons (Fsp3) is 0.214. The molecule has 0 saturated heterocycles. The Morgan fingerprint density at radius 3 is 2.40 bits per heavy atom. The predicted octanol–water partition coefficient (Wildman–Crippen LogP) is 3.76. The van der Waals surface area contributed by atoms with Crippen LogP contribution in [0.25, 0.3) is 0 Å². The monoisotopic (exact) mass is 281 g/mol. The zero-order valence-electron chi connectivity index (χ0n) is 11.1. The number of halogens is 3. The van der Waals surface area contributed by atoms with Crippen molar-refractivity contribution in [1.29, 1.82) is 0 Å². The number of aromatic nitrogens is 1. The van der Waals surface area contributed by atoms with E-state index in [-0.39, 0.29) is 11.6 Å². The van der Waals surface area contributed by atoms with Gasteiger partial charge in [0, 0.05) is 12.7 Å². The highest BCUT2D eigenvalue weighted by Gasteiger charge is 2.32. The first-order valence-electron chi connectivity index (χ1n) is 5.93. The van der Waals surface area contributed by atoms with E-state index in [4.69, 9.17) is 5.73 Å². The molecule has 0 aliphatic carbocycles. The number of rotatable bonds is 2. The molecule has 2 N–H and O–H groups in total. The molecule has 1 heterocycles. The largest absolute Gasteiger partial charge is 0.416 e. The maximum absolute atomic E-state index is 12.8. The van der Waals surface area contributed by atoms with Crippen molar-refractivity contribution >= 4 is 17.3 Å². The van der Waals surface area contributed by atoms with Gasteiger partial charge in [-0.1, -0.05) is 18.2 Å². The Balaban J connectivity index is 2.48. The van der Waals surface area contributed by atoms with Crippen molar-refractivity contribution in [2.24, 2.45) is 0 Å². The van der Waals surface area contributed by atoms with Crippen LogP contribution in [0.4, 0.5) is 30.5 Å². The molecule has 2 aromatic rings. The van der Waals surface area contributed by atoms with Crippen molar-refractivity contribution in [3.05, 3.63) is 47.5 Å². The van der Waals surface area contributed by atoms with Gasteiger partial charge in [0.1, 0.15) is 11.6 Å². The quantitative estimate of drug-likeness (QED) is 0.911. The van der Waals surface area contributed by atoms with Gasteiger partial charge in [-0.3, -0.25) is 0 Å². The molecule has 0 aliphatic heterocycles. The van der Waals surface area contributed by atoms with Gasteiger partial charge in [-0.15, -0.1) is 0 Å². The number of pyridine rings is 1. The Hall–Kier alpha value is -2.24. The van der Waals surface area contributed by atoms with Crippen LogP contribution in [0.2, 0.25) is 0 Å². The summed E-state index contributed by atoms with van der Waals surface area (Å²) >= 11 is 0. The number of para-hydroxylation sites is 1. The van der Waals surface area contributed by atoms with Gasteiger partial charge < -0.3 is 10.6 Å². The summed E-state index contributed by atoms with van der Waals surface area (Å²) in [6.45, 7) is 1.88. The van der Waals surface area contributed by atoms with Crippen LogP contribution in [0.3, 0.4) is 0 Å². The van der Waals surface area contributed by atoms with E-state index >= 15 is 0 Å². The third-order valence-corrected chi connectivity index (χ3v) is 2.98. The molecule has 0 saturated carbocycles. The van der Waals surface area contributed by atoms with Gasteiger partial charge in [-0.05, 0) is 30.7 Å². The van der Waals surface area contributed by atoms with Gasteiger partial charge in [0.2, 0.25) is 0 Å². The fourth-order valence-corrected chi connectivity index (χ4v) is 1.94. The summed E-state index contributed by atoms with van der Waals surface area (Å²) in [6.07, 6.45) is -4.45. The predicted molar refractivity (Wildman–Crippen MR) is 72.9 cm³/mol. The van der Waals surface area contributed by atoms with E-state index in [1.807, 2.05) is 31.2 Å². The lowest BCUT2D eigenvalue weighted by molar-refractivity contribution is -0.137. The Bertz CT molecular complexity index is 623. The van der Waals surface area contributed by atoms with Crippen LogP contribution in [-0.4, -0.2) is 12.0 Å². The van der Waals surface area contributed by atoms with Gasteiger partial charge in [0.05, 0.1) is 5.56 Å². The average Bonchev–Trinajstić information content (AvgIpc) is 2.37. The van der Waals surface area contributed by atoms with Crippen molar-refractivity contribution < 1.29 is 13.2 Å². The first kappa shape index (κ1) is 14.2. The highest BCUT2D eigenvalue weighted by molar-refractivity contribution is 5.64. The molecule has 20 heavy (non-hydrogen) atoms. The summed E-state index contributed by atoms with van der Waals surface area (Å²) in [4.78, 5) is 5.55. The molecule has 0 fully saturated rings. The summed E-state index contributed by atoms with van der Waals surface area (Å²) in [7, 11) is 1.66. The van der Waals surface area contributed by atoms with Crippen LogP contribution in [0, 0.1) is 6.92 Å². The first-order chi connectivity index (χ1) is 9.29. The van der Waals surface area contributed by atoms with Gasteiger partial charge >= 0.3 is 6.18 Å². The number of alkyl halides is 3. The molecule has 0 aliphatic rings. The third-order valence-electron chi connectivity index (χ3n) is 2.98. The maximum atomic E-state index is 12.8. The normalized spacial score (nSPS) is 11.4. The molecule has 3 nitrogen and oxygen atoms in total. The van der Waals surface area contributed by atoms with E-state index < -0.39 is 11.7 Å². The molecule has 0 unspecified atom stereocenters. The topological polar surface area (TPSA) is 42.1 Å². The van der Waals surface area contributed by atoms with Gasteiger partial charge in [0.15, 0.2) is 0 Å². The van der Waals surface area contributed by atoms with Crippen LogP contribution in [-0.2, 0) is 6.18 Å². The SMILES string of the molecule is Cc1ccccc1N(C)c1cc(C(F)(F)F)cc(N)n1. The number of nitrogens with two attached hydrogens (primary N) is 1. The van der Waals surface area contributed by atoms with E-state index in [0.29, 0.717) is 0 Å². The molecular formula is C14H14F3N3. The van der Waals surface area contributed by atoms with Crippen molar-refractivity contribution in [2.45, 2.75) is 13.1 Å². The second-order valence-electron chi connectivity index (χ2n) is 4.48. The molecule has 0 bridgehead atoms. The van der Waals surface area contributed by atoms with E-state index in [9.17, 15) is 13.2 Å². The van der Waals surface area contributed by atoms with Gasteiger partial charge in [-0.2, -0.15) is 13.2 Å². The highest BCUT2D eigenvalue weighted by Crippen LogP contribution is 2.34. The first-order valence-corrected chi connectivity index (χ1v) is 5.93. The Morgan fingerprint density at radius 1 is 1.15 bits per heavy atom. The standard InChI is InChI=1S/C14H14F3N3/c1-9-5-3-4-6-11(9)20(2)13-8-10(14(15,16)17)7-12(18)19-13/h3-8H,1-2H3,(H2,18,19). The zero-order valence-corrected chi connectivity index (χ0v) is 11.1. The second-order valence-corrected chi connectivity index (χ2v) is 4.48. The van der Waals surface area contributed by atoms with E-state index in [1.165, 1.54) is 0 Å². The van der Waals surface area contributed by atoms with E-state index in [1.54, 1.807) is 11.9 Å². The summed E-state index contributed by atoms with van der Waals surface area (Å²) in [5, 5.41) is 0. The average molecular weight is 281 g/mol. The molecule has 0 spiro atoms. The van der Waals surface area contributed by atoms with E-state index in [0.717, 1.165) is 23.4 Å². The number of anilines is 3. The molecule has 0 atom stereocenters. The molecule has 1 aromatic carbocycles. The Morgan fingerprint density at radius 2 is 1.80 bits per heavy atom. The molecular weight excluding hydrogens is 267 g/mol. The lowest BCUT2D eigenvalue weighted by atomic mass is 10.1. The van der Waals surface area contributed by atoms with E-state index in [2.05, 4.69) is 4.98 Å². The summed E-state index contributed by atoms with van der Waals surface area (Å²) in [6, 6.07) is 9.19. The minimum atomic E-state index is -4.45. The van der Waals surface area contributed by atoms with Crippen LogP contribution < -0.4 is 10.6 Å². The second kappa shape index (κ2) is 5.03. The molecule has 0 radical (unpaired) electrons. The minimum absolute atomic E-state index is 0.157. The zero-order chi connectivity index (χ0) is 14.9. The van der Waals surface area contributed by atoms with Crippen LogP contribution in [0.1, 0.15) is 11.1 Å². The summed E-state index contributed by atoms with van der Waals surface area (Å²) < 4.78 is 38.4. The fourth-order valence-electron chi connectivity index (χ4n) is 1.94. The van der Waals surface area contributed by atoms with Crippen LogP contribution >= 0.6 is 0 Å². The lowest BCUT2D eigenvalue weighted by Crippen LogP contribution is -2.15. The number of nitrogen functional groups attached to an aromatic ring is 1. The number of hydrogen-bond donors (Lipinski definition) is 1. The van der Waals surface area contributed by atoms with Crippen molar-refractivity contribution in [1.82, 2.24) is 4.98 Å². The summed E-state index contributed by atoms with van der Waals surface area (Å²) in [5.74, 6) is 0.00174. The van der Waals surface area contributed by atoms with Crippen LogP contribution in [0.15, 0.2) is 36.4 Å². The van der Waals surface area contributed by atoms with Gasteiger partial charge in [-0.25, -0.2) is 4.98 Å². The maximum Gasteiger partial charge on any atom is 0.416 e. The Labute approximate surface area is 114 Å². The number of aryl methyl sites for hydroxylation is 1. The molecule has 0 amide bonds. The molecule has 1 aromatic heterocycles. The number of benzene rings is 1. The Kier molecular flexibility index (Phi) is 3.57. The van der Waals surface area contributed by atoms with Crippen LogP contribution in [0.5, 0.6) is 0 Å². The smallest absolute Gasteiger partial charge is 0.384 e. The van der Waals surface area contributed by atoms with Crippen molar-refractivity contribution in [3.8, 4) is 0 Å². The number of hydrogen-bond acceptors (Lipinski definition) is 3. The lowest BCUT2D eigenvalue weighted by Gasteiger charge is -2.21. The number of nitrogens with zero attached hydrogens (tertiary/aromatic N) is 2. The molecule has 6 heteroatoms. The minimum Gasteiger partial charge on any atom is -0.384 e. The molecule has 106 valence electrons. The third kappa shape index (κ3) is 2.84. The van der Waals surface area contributed by atoms with Crippen molar-refractivity contribution in [3.63, 3.8) is 0 Å². The van der Waals surface area contributed by atoms with Gasteiger partial charge in [0.25, 0.3) is 0 Å². The molecule has 2 rings (SSSR count). The highest BCUT2D eigenvalue weighted by atomic mass is 19.4.